The van der Waals surface area contributed by atoms with Crippen LogP contribution < -0.4 is 16.4 Å². The number of alkyl halides is 3. The van der Waals surface area contributed by atoms with E-state index in [4.69, 9.17) is 15.6 Å². The second-order valence-corrected chi connectivity index (χ2v) is 7.96. The minimum absolute atomic E-state index is 0.110. The number of nitrogens with one attached hydrogen (secondary N) is 2. The lowest BCUT2D eigenvalue weighted by atomic mass is 10.0. The molecule has 2 aliphatic heterocycles. The third-order valence-corrected chi connectivity index (χ3v) is 5.41. The number of fused-ring (bicyclic) bond motifs is 1. The summed E-state index contributed by atoms with van der Waals surface area (Å²) in [5, 5.41) is 12.6. The highest BCUT2D eigenvalue weighted by Crippen LogP contribution is 2.32. The van der Waals surface area contributed by atoms with E-state index < -0.39 is 35.9 Å². The first-order valence-electron chi connectivity index (χ1n) is 11.1. The van der Waals surface area contributed by atoms with Gasteiger partial charge in [0, 0.05) is 18.7 Å². The van der Waals surface area contributed by atoms with Crippen molar-refractivity contribution in [2.75, 3.05) is 18.4 Å². The summed E-state index contributed by atoms with van der Waals surface area (Å²) < 4.78 is 31.7. The molecule has 1 unspecified atom stereocenters. The summed E-state index contributed by atoms with van der Waals surface area (Å²) in [4.78, 5) is 59.1. The largest absolute Gasteiger partial charge is 0.490 e. The molecule has 1 saturated heterocycles. The summed E-state index contributed by atoms with van der Waals surface area (Å²) in [6.07, 6.45) is 0.468. The van der Waals surface area contributed by atoms with E-state index in [1.807, 2.05) is 0 Å². The number of carboxylic acid groups (broad SMARTS) is 1. The van der Waals surface area contributed by atoms with Gasteiger partial charge in [-0.05, 0) is 37.9 Å². The standard InChI is InChI=1S/C20H26N4O4.C2HF3O2/c21-11-4-2-1-3-5-12-22-14-8-6-7-13-17(14)20(28)24(19(13)27)15-9-10-16(25)23-18(15)26;3-2(4,5)1(6)7/h6-8,15,22H,1-5,9-12,21H2,(H,23,25,26);(H,6,7). The summed E-state index contributed by atoms with van der Waals surface area (Å²) in [6, 6.07) is 4.15. The number of nitrogens with zero attached hydrogens (tertiary/aromatic N) is 1. The van der Waals surface area contributed by atoms with Gasteiger partial charge in [-0.3, -0.25) is 29.4 Å². The normalized spacial score (nSPS) is 17.5. The molecule has 1 fully saturated rings. The number of hydrogen-bond acceptors (Lipinski definition) is 7. The maximum Gasteiger partial charge on any atom is 0.490 e. The monoisotopic (exact) mass is 500 g/mol. The minimum atomic E-state index is -5.08. The van der Waals surface area contributed by atoms with E-state index in [0.29, 0.717) is 29.9 Å². The van der Waals surface area contributed by atoms with E-state index in [-0.39, 0.29) is 18.7 Å². The van der Waals surface area contributed by atoms with Crippen LogP contribution in [-0.2, 0) is 14.4 Å². The van der Waals surface area contributed by atoms with Crippen molar-refractivity contribution in [3.8, 4) is 0 Å². The molecule has 1 aromatic rings. The fourth-order valence-electron chi connectivity index (χ4n) is 3.68. The number of halogens is 3. The molecule has 5 N–H and O–H groups in total. The van der Waals surface area contributed by atoms with E-state index in [1.165, 1.54) is 0 Å². The number of unbranched alkanes of at least 4 members (excludes halogenated alkanes) is 4. The quantitative estimate of drug-likeness (QED) is 0.296. The highest BCUT2D eigenvalue weighted by Gasteiger charge is 2.45. The van der Waals surface area contributed by atoms with E-state index in [1.54, 1.807) is 18.2 Å². The Labute approximate surface area is 199 Å². The summed E-state index contributed by atoms with van der Waals surface area (Å²) in [5.41, 5.74) is 6.69. The average molecular weight is 500 g/mol. The van der Waals surface area contributed by atoms with E-state index >= 15 is 0 Å². The van der Waals surface area contributed by atoms with Crippen LogP contribution in [-0.4, -0.2) is 64.9 Å². The number of carboxylic acids is 1. The number of carbonyl (C=O) groups is 5. The molecular weight excluding hydrogens is 473 g/mol. The Morgan fingerprint density at radius 1 is 1.09 bits per heavy atom. The van der Waals surface area contributed by atoms with E-state index in [0.717, 1.165) is 37.0 Å². The zero-order chi connectivity index (χ0) is 26.2. The molecule has 0 spiro atoms. The lowest BCUT2D eigenvalue weighted by molar-refractivity contribution is -0.192. The molecule has 35 heavy (non-hydrogen) atoms. The van der Waals surface area contributed by atoms with Gasteiger partial charge in [-0.25, -0.2) is 4.79 Å². The summed E-state index contributed by atoms with van der Waals surface area (Å²) >= 11 is 0. The second kappa shape index (κ2) is 12.3. The van der Waals surface area contributed by atoms with E-state index in [9.17, 15) is 32.3 Å². The average Bonchev–Trinajstić information content (AvgIpc) is 3.04. The Balaban J connectivity index is 0.000000540. The van der Waals surface area contributed by atoms with E-state index in [2.05, 4.69) is 10.6 Å². The molecule has 0 saturated carbocycles. The molecule has 0 radical (unpaired) electrons. The van der Waals surface area contributed by atoms with Gasteiger partial charge in [0.25, 0.3) is 11.8 Å². The smallest absolute Gasteiger partial charge is 0.475 e. The molecule has 2 heterocycles. The van der Waals surface area contributed by atoms with Crippen molar-refractivity contribution >= 4 is 35.3 Å². The third-order valence-electron chi connectivity index (χ3n) is 5.41. The number of hydrogen-bond donors (Lipinski definition) is 4. The summed E-state index contributed by atoms with van der Waals surface area (Å²) in [5.74, 6) is -4.71. The topological polar surface area (TPSA) is 159 Å². The molecule has 3 rings (SSSR count). The van der Waals surface area contributed by atoms with Gasteiger partial charge >= 0.3 is 12.1 Å². The van der Waals surface area contributed by atoms with Crippen LogP contribution in [0.1, 0.15) is 65.7 Å². The molecule has 0 aliphatic carbocycles. The first-order chi connectivity index (χ1) is 16.5. The highest BCUT2D eigenvalue weighted by atomic mass is 19.4. The third kappa shape index (κ3) is 7.25. The number of imide groups is 2. The molecule has 13 heteroatoms. The van der Waals surface area contributed by atoms with Gasteiger partial charge in [0.2, 0.25) is 11.8 Å². The highest BCUT2D eigenvalue weighted by molar-refractivity contribution is 6.25. The van der Waals surface area contributed by atoms with Crippen LogP contribution in [0.5, 0.6) is 0 Å². The Morgan fingerprint density at radius 2 is 1.71 bits per heavy atom. The van der Waals surface area contributed by atoms with Crippen molar-refractivity contribution in [3.63, 3.8) is 0 Å². The van der Waals surface area contributed by atoms with Crippen LogP contribution in [0.15, 0.2) is 18.2 Å². The van der Waals surface area contributed by atoms with Crippen molar-refractivity contribution in [1.29, 1.82) is 0 Å². The number of rotatable bonds is 9. The van der Waals surface area contributed by atoms with Crippen LogP contribution in [0, 0.1) is 0 Å². The molecule has 0 aromatic heterocycles. The zero-order valence-corrected chi connectivity index (χ0v) is 18.8. The number of piperidine rings is 1. The Morgan fingerprint density at radius 3 is 2.31 bits per heavy atom. The molecule has 0 bridgehead atoms. The second-order valence-electron chi connectivity index (χ2n) is 7.96. The lowest BCUT2D eigenvalue weighted by Crippen LogP contribution is -2.54. The number of benzene rings is 1. The van der Waals surface area contributed by atoms with Gasteiger partial charge in [0.05, 0.1) is 11.1 Å². The van der Waals surface area contributed by atoms with Crippen molar-refractivity contribution in [2.24, 2.45) is 5.73 Å². The van der Waals surface area contributed by atoms with Crippen molar-refractivity contribution in [3.05, 3.63) is 29.3 Å². The zero-order valence-electron chi connectivity index (χ0n) is 18.8. The van der Waals surface area contributed by atoms with Crippen LogP contribution in [0.25, 0.3) is 0 Å². The molecule has 2 aliphatic rings. The Hall–Kier alpha value is -3.48. The Bertz CT molecular complexity index is 982. The van der Waals surface area contributed by atoms with Crippen molar-refractivity contribution in [1.82, 2.24) is 10.2 Å². The Kier molecular flexibility index (Phi) is 9.75. The van der Waals surface area contributed by atoms with Crippen LogP contribution in [0.4, 0.5) is 18.9 Å². The van der Waals surface area contributed by atoms with Crippen molar-refractivity contribution < 1.29 is 42.3 Å². The van der Waals surface area contributed by atoms with Crippen LogP contribution in [0.3, 0.4) is 0 Å². The number of carbonyl (C=O) groups excluding carboxylic acids is 4. The maximum atomic E-state index is 12.9. The predicted molar refractivity (Wildman–Crippen MR) is 117 cm³/mol. The molecule has 4 amide bonds. The number of anilines is 1. The van der Waals surface area contributed by atoms with Gasteiger partial charge < -0.3 is 16.2 Å². The summed E-state index contributed by atoms with van der Waals surface area (Å²) in [7, 11) is 0. The molecule has 10 nitrogen and oxygen atoms in total. The fourth-order valence-corrected chi connectivity index (χ4v) is 3.68. The minimum Gasteiger partial charge on any atom is -0.475 e. The maximum absolute atomic E-state index is 12.9. The molecular formula is C22H27F3N4O6. The molecule has 192 valence electrons. The van der Waals surface area contributed by atoms with Crippen LogP contribution >= 0.6 is 0 Å². The first kappa shape index (κ1) is 27.8. The van der Waals surface area contributed by atoms with Gasteiger partial charge in [-0.1, -0.05) is 25.3 Å². The van der Waals surface area contributed by atoms with Gasteiger partial charge in [0.1, 0.15) is 6.04 Å². The van der Waals surface area contributed by atoms with Gasteiger partial charge in [-0.15, -0.1) is 0 Å². The molecule has 1 atom stereocenters. The fraction of sp³-hybridized carbons (Fsp3) is 0.500. The molecule has 1 aromatic carbocycles. The predicted octanol–water partition coefficient (Wildman–Crippen LogP) is 2.04. The van der Waals surface area contributed by atoms with Crippen molar-refractivity contribution in [2.45, 2.75) is 57.2 Å². The number of aliphatic carboxylic acids is 1. The van der Waals surface area contributed by atoms with Gasteiger partial charge in [-0.2, -0.15) is 13.2 Å². The first-order valence-corrected chi connectivity index (χ1v) is 11.1. The number of nitrogens with two attached hydrogens (primary N) is 1. The lowest BCUT2D eigenvalue weighted by Gasteiger charge is -2.27. The SMILES string of the molecule is NCCCCCCCNc1cccc2c1C(=O)N(C1CCC(=O)NC1=O)C2=O.O=C(O)C(F)(F)F. The number of amides is 4. The van der Waals surface area contributed by atoms with Gasteiger partial charge in [0.15, 0.2) is 0 Å². The van der Waals surface area contributed by atoms with Crippen LogP contribution in [0.2, 0.25) is 0 Å². The summed E-state index contributed by atoms with van der Waals surface area (Å²) in [6.45, 7) is 1.41.